The number of rotatable bonds is 3. The molecule has 1 aliphatic heterocycles. The molecule has 1 saturated heterocycles. The second-order valence-corrected chi connectivity index (χ2v) is 5.23. The van der Waals surface area contributed by atoms with Crippen LogP contribution >= 0.6 is 23.5 Å². The van der Waals surface area contributed by atoms with Crippen LogP contribution < -0.4 is 0 Å². The molecule has 54 valence electrons. The highest BCUT2D eigenvalue weighted by atomic mass is 32.2. The predicted octanol–water partition coefficient (Wildman–Crippen LogP) is 2.98. The summed E-state index contributed by atoms with van der Waals surface area (Å²) in [5.74, 6) is 2.78. The maximum Gasteiger partial charge on any atom is 0.0503 e. The van der Waals surface area contributed by atoms with Crippen LogP contribution in [0, 0.1) is 0 Å². The van der Waals surface area contributed by atoms with Crippen LogP contribution in [0.2, 0.25) is 0 Å². The minimum atomic E-state index is 0.949. The summed E-state index contributed by atoms with van der Waals surface area (Å²) in [6.07, 6.45) is 4.22. The van der Waals surface area contributed by atoms with Gasteiger partial charge in [-0.15, -0.1) is 23.5 Å². The molecule has 0 nitrogen and oxygen atoms in total. The zero-order valence-electron chi connectivity index (χ0n) is 5.93. The highest BCUT2D eigenvalue weighted by Crippen LogP contribution is 2.35. The molecule has 0 spiro atoms. The Labute approximate surface area is 66.2 Å². The second-order valence-electron chi connectivity index (χ2n) is 2.31. The summed E-state index contributed by atoms with van der Waals surface area (Å²) >= 11 is 4.29. The average molecular weight is 162 g/mol. The third-order valence-electron chi connectivity index (χ3n) is 1.48. The fraction of sp³-hybridized carbons (Fsp3) is 1.00. The van der Waals surface area contributed by atoms with E-state index in [1.165, 1.54) is 30.8 Å². The smallest absolute Gasteiger partial charge is 0.0503 e. The largest absolute Gasteiger partial charge is 0.147 e. The van der Waals surface area contributed by atoms with E-state index in [2.05, 4.69) is 30.4 Å². The first-order valence-corrected chi connectivity index (χ1v) is 5.76. The molecule has 0 N–H and O–H groups in total. The maximum atomic E-state index is 2.27. The standard InChI is InChI=1S/C7H14S2/c1-2-3-4-7-8-5-6-9-7/h7H,2-6H2,1H3. The van der Waals surface area contributed by atoms with Crippen molar-refractivity contribution in [3.63, 3.8) is 0 Å². The monoisotopic (exact) mass is 162 g/mol. The molecule has 0 bridgehead atoms. The fourth-order valence-corrected chi connectivity index (χ4v) is 3.87. The summed E-state index contributed by atoms with van der Waals surface area (Å²) in [7, 11) is 0. The van der Waals surface area contributed by atoms with E-state index in [1.54, 1.807) is 0 Å². The predicted molar refractivity (Wildman–Crippen MR) is 48.2 cm³/mol. The Balaban J connectivity index is 1.98. The number of hydrogen-bond acceptors (Lipinski definition) is 2. The van der Waals surface area contributed by atoms with Crippen LogP contribution in [-0.2, 0) is 0 Å². The molecule has 0 radical (unpaired) electrons. The van der Waals surface area contributed by atoms with Crippen LogP contribution in [-0.4, -0.2) is 16.1 Å². The zero-order valence-corrected chi connectivity index (χ0v) is 7.56. The van der Waals surface area contributed by atoms with E-state index in [4.69, 9.17) is 0 Å². The van der Waals surface area contributed by atoms with Crippen molar-refractivity contribution in [2.45, 2.75) is 30.8 Å². The second kappa shape index (κ2) is 4.51. The Morgan fingerprint density at radius 1 is 1.33 bits per heavy atom. The van der Waals surface area contributed by atoms with Gasteiger partial charge in [0, 0.05) is 11.5 Å². The van der Waals surface area contributed by atoms with E-state index >= 15 is 0 Å². The van der Waals surface area contributed by atoms with E-state index in [-0.39, 0.29) is 0 Å². The van der Waals surface area contributed by atoms with Crippen molar-refractivity contribution in [3.05, 3.63) is 0 Å². The molecule has 0 saturated carbocycles. The van der Waals surface area contributed by atoms with Gasteiger partial charge < -0.3 is 0 Å². The molecule has 1 fully saturated rings. The summed E-state index contributed by atoms with van der Waals surface area (Å²) in [4.78, 5) is 0. The lowest BCUT2D eigenvalue weighted by molar-refractivity contribution is 0.765. The van der Waals surface area contributed by atoms with Crippen LogP contribution in [0.1, 0.15) is 26.2 Å². The number of hydrogen-bond donors (Lipinski definition) is 0. The molecule has 1 heterocycles. The third kappa shape index (κ3) is 2.85. The van der Waals surface area contributed by atoms with Gasteiger partial charge in [0.25, 0.3) is 0 Å². The quantitative estimate of drug-likeness (QED) is 0.626. The summed E-state index contributed by atoms with van der Waals surface area (Å²) in [5, 5.41) is 0. The van der Waals surface area contributed by atoms with E-state index in [0.29, 0.717) is 0 Å². The summed E-state index contributed by atoms with van der Waals surface area (Å²) in [6.45, 7) is 2.27. The molecule has 0 aromatic rings. The van der Waals surface area contributed by atoms with Gasteiger partial charge in [-0.3, -0.25) is 0 Å². The lowest BCUT2D eigenvalue weighted by Crippen LogP contribution is -1.89. The van der Waals surface area contributed by atoms with Crippen molar-refractivity contribution in [1.82, 2.24) is 0 Å². The van der Waals surface area contributed by atoms with Gasteiger partial charge in [-0.05, 0) is 6.42 Å². The van der Waals surface area contributed by atoms with Gasteiger partial charge in [0.15, 0.2) is 0 Å². The Kier molecular flexibility index (Phi) is 3.91. The molecule has 9 heavy (non-hydrogen) atoms. The molecule has 0 amide bonds. The highest BCUT2D eigenvalue weighted by molar-refractivity contribution is 8.20. The Morgan fingerprint density at radius 2 is 2.00 bits per heavy atom. The minimum Gasteiger partial charge on any atom is -0.147 e. The van der Waals surface area contributed by atoms with Crippen molar-refractivity contribution in [1.29, 1.82) is 0 Å². The minimum absolute atomic E-state index is 0.949. The van der Waals surface area contributed by atoms with Crippen LogP contribution in [0.3, 0.4) is 0 Å². The van der Waals surface area contributed by atoms with Crippen LogP contribution in [0.5, 0.6) is 0 Å². The lowest BCUT2D eigenvalue weighted by Gasteiger charge is -2.04. The van der Waals surface area contributed by atoms with Crippen LogP contribution in [0.15, 0.2) is 0 Å². The Hall–Kier alpha value is 0.700. The van der Waals surface area contributed by atoms with E-state index in [1.807, 2.05) is 0 Å². The first-order chi connectivity index (χ1) is 4.43. The summed E-state index contributed by atoms with van der Waals surface area (Å²) in [6, 6.07) is 0. The normalized spacial score (nSPS) is 21.0. The first kappa shape index (κ1) is 7.80. The molecule has 0 aromatic carbocycles. The van der Waals surface area contributed by atoms with Gasteiger partial charge in [0.1, 0.15) is 0 Å². The van der Waals surface area contributed by atoms with Gasteiger partial charge in [0.2, 0.25) is 0 Å². The van der Waals surface area contributed by atoms with Crippen LogP contribution in [0.25, 0.3) is 0 Å². The molecule has 2 heteroatoms. The maximum absolute atomic E-state index is 2.27. The zero-order chi connectivity index (χ0) is 6.53. The Morgan fingerprint density at radius 3 is 2.56 bits per heavy atom. The average Bonchev–Trinajstić information content (AvgIpc) is 2.34. The van der Waals surface area contributed by atoms with Gasteiger partial charge in [-0.1, -0.05) is 19.8 Å². The third-order valence-corrected chi connectivity index (χ3v) is 4.65. The SMILES string of the molecule is CCCCC1SCCS1. The van der Waals surface area contributed by atoms with E-state index < -0.39 is 0 Å². The molecule has 0 atom stereocenters. The molecule has 0 unspecified atom stereocenters. The molecule has 1 rings (SSSR count). The van der Waals surface area contributed by atoms with Crippen molar-refractivity contribution in [2.75, 3.05) is 11.5 Å². The molecular formula is C7H14S2. The highest BCUT2D eigenvalue weighted by Gasteiger charge is 2.14. The fourth-order valence-electron chi connectivity index (χ4n) is 0.945. The topological polar surface area (TPSA) is 0 Å². The first-order valence-electron chi connectivity index (χ1n) is 3.66. The number of thioether (sulfide) groups is 2. The molecular weight excluding hydrogens is 148 g/mol. The van der Waals surface area contributed by atoms with Crippen molar-refractivity contribution in [2.24, 2.45) is 0 Å². The summed E-state index contributed by atoms with van der Waals surface area (Å²) < 4.78 is 0.949. The number of unbranched alkanes of at least 4 members (excludes halogenated alkanes) is 1. The molecule has 0 aromatic heterocycles. The van der Waals surface area contributed by atoms with Crippen LogP contribution in [0.4, 0.5) is 0 Å². The van der Waals surface area contributed by atoms with Crippen molar-refractivity contribution in [3.8, 4) is 0 Å². The van der Waals surface area contributed by atoms with E-state index in [9.17, 15) is 0 Å². The van der Waals surface area contributed by atoms with Crippen molar-refractivity contribution < 1.29 is 0 Å². The Bertz CT molecular complexity index is 67.3. The lowest BCUT2D eigenvalue weighted by atomic mass is 10.3. The van der Waals surface area contributed by atoms with E-state index in [0.717, 1.165) is 4.58 Å². The molecule has 0 aliphatic carbocycles. The van der Waals surface area contributed by atoms with Gasteiger partial charge in [0.05, 0.1) is 4.58 Å². The molecule has 1 aliphatic rings. The van der Waals surface area contributed by atoms with Gasteiger partial charge in [-0.25, -0.2) is 0 Å². The van der Waals surface area contributed by atoms with Gasteiger partial charge >= 0.3 is 0 Å². The summed E-state index contributed by atoms with van der Waals surface area (Å²) in [5.41, 5.74) is 0. The van der Waals surface area contributed by atoms with Gasteiger partial charge in [-0.2, -0.15) is 0 Å². The van der Waals surface area contributed by atoms with Crippen molar-refractivity contribution >= 4 is 23.5 Å².